The first-order chi connectivity index (χ1) is 7.81. The lowest BCUT2D eigenvalue weighted by molar-refractivity contribution is 0.895. The minimum atomic E-state index is 0.535. The van der Waals surface area contributed by atoms with E-state index in [-0.39, 0.29) is 0 Å². The molecule has 0 radical (unpaired) electrons. The van der Waals surface area contributed by atoms with E-state index in [2.05, 4.69) is 15.6 Å². The second-order valence-corrected chi connectivity index (χ2v) is 3.33. The van der Waals surface area contributed by atoms with Gasteiger partial charge in [-0.1, -0.05) is 36.4 Å². The number of hydrazine groups is 1. The van der Waals surface area contributed by atoms with Crippen molar-refractivity contribution in [2.75, 3.05) is 5.43 Å². The molecule has 82 valence electrons. The van der Waals surface area contributed by atoms with Crippen LogP contribution in [0.1, 0.15) is 11.4 Å². The molecule has 2 aromatic rings. The molecule has 1 heterocycles. The summed E-state index contributed by atoms with van der Waals surface area (Å²) in [5.41, 5.74) is 3.59. The average Bonchev–Trinajstić information content (AvgIpc) is 2.69. The van der Waals surface area contributed by atoms with E-state index in [1.807, 2.05) is 49.5 Å². The molecule has 0 aliphatic rings. The van der Waals surface area contributed by atoms with Crippen LogP contribution in [0.3, 0.4) is 0 Å². The molecule has 3 N–H and O–H groups in total. The lowest BCUT2D eigenvalue weighted by Crippen LogP contribution is -2.11. The highest BCUT2D eigenvalue weighted by Crippen LogP contribution is 2.08. The molecule has 0 aliphatic heterocycles. The number of nitrogens with two attached hydrogens (primary N) is 1. The van der Waals surface area contributed by atoms with Gasteiger partial charge in [-0.05, 0) is 11.6 Å². The predicted molar refractivity (Wildman–Crippen MR) is 64.2 cm³/mol. The van der Waals surface area contributed by atoms with Gasteiger partial charge in [0.25, 0.3) is 0 Å². The summed E-state index contributed by atoms with van der Waals surface area (Å²) in [5.74, 6) is 6.56. The van der Waals surface area contributed by atoms with E-state index in [1.165, 1.54) is 0 Å². The van der Waals surface area contributed by atoms with E-state index >= 15 is 0 Å². The standard InChI is InChI=1S/C11H13N5/c1-16-10(14-15-11(16)13-12)8-7-9-5-3-2-4-6-9/h2-8H,12H2,1H3,(H,13,15)/b8-7+. The molecule has 1 aromatic heterocycles. The molecule has 0 aliphatic carbocycles. The van der Waals surface area contributed by atoms with Gasteiger partial charge in [0, 0.05) is 7.05 Å². The summed E-state index contributed by atoms with van der Waals surface area (Å²) in [7, 11) is 1.85. The van der Waals surface area contributed by atoms with Crippen molar-refractivity contribution in [3.05, 3.63) is 41.7 Å². The van der Waals surface area contributed by atoms with Gasteiger partial charge in [0.1, 0.15) is 0 Å². The number of nitrogens with zero attached hydrogens (tertiary/aromatic N) is 3. The molecule has 2 rings (SSSR count). The average molecular weight is 215 g/mol. The lowest BCUT2D eigenvalue weighted by Gasteiger charge is -1.98. The summed E-state index contributed by atoms with van der Waals surface area (Å²) >= 11 is 0. The maximum Gasteiger partial charge on any atom is 0.238 e. The van der Waals surface area contributed by atoms with E-state index in [1.54, 1.807) is 4.57 Å². The van der Waals surface area contributed by atoms with Gasteiger partial charge in [-0.15, -0.1) is 10.2 Å². The van der Waals surface area contributed by atoms with Crippen LogP contribution in [0.15, 0.2) is 30.3 Å². The van der Waals surface area contributed by atoms with Crippen LogP contribution in [0.4, 0.5) is 5.95 Å². The molecule has 5 nitrogen and oxygen atoms in total. The molecular weight excluding hydrogens is 202 g/mol. The van der Waals surface area contributed by atoms with Crippen LogP contribution >= 0.6 is 0 Å². The molecule has 0 spiro atoms. The van der Waals surface area contributed by atoms with Gasteiger partial charge in [-0.3, -0.25) is 9.99 Å². The smallest absolute Gasteiger partial charge is 0.238 e. The molecule has 0 unspecified atom stereocenters. The van der Waals surface area contributed by atoms with Crippen molar-refractivity contribution in [1.29, 1.82) is 0 Å². The van der Waals surface area contributed by atoms with Crippen molar-refractivity contribution in [3.8, 4) is 0 Å². The van der Waals surface area contributed by atoms with Crippen molar-refractivity contribution < 1.29 is 0 Å². The second-order valence-electron chi connectivity index (χ2n) is 3.33. The van der Waals surface area contributed by atoms with E-state index < -0.39 is 0 Å². The fourth-order valence-corrected chi connectivity index (χ4v) is 1.35. The minimum absolute atomic E-state index is 0.535. The zero-order valence-electron chi connectivity index (χ0n) is 8.96. The van der Waals surface area contributed by atoms with Gasteiger partial charge in [0.15, 0.2) is 5.82 Å². The maximum atomic E-state index is 5.27. The van der Waals surface area contributed by atoms with Crippen LogP contribution in [0.25, 0.3) is 12.2 Å². The Morgan fingerprint density at radius 1 is 1.19 bits per heavy atom. The normalized spacial score (nSPS) is 10.9. The zero-order chi connectivity index (χ0) is 11.4. The minimum Gasteiger partial charge on any atom is -0.296 e. The fraction of sp³-hybridized carbons (Fsp3) is 0.0909. The summed E-state index contributed by atoms with van der Waals surface area (Å²) in [6.07, 6.45) is 3.87. The number of hydrogen-bond donors (Lipinski definition) is 2. The first-order valence-corrected chi connectivity index (χ1v) is 4.90. The van der Waals surface area contributed by atoms with Crippen LogP contribution < -0.4 is 11.3 Å². The van der Waals surface area contributed by atoms with Gasteiger partial charge in [-0.2, -0.15) is 0 Å². The van der Waals surface area contributed by atoms with Gasteiger partial charge in [-0.25, -0.2) is 5.84 Å². The number of hydrogen-bond acceptors (Lipinski definition) is 4. The third kappa shape index (κ3) is 2.09. The Kier molecular flexibility index (Phi) is 2.98. The van der Waals surface area contributed by atoms with Crippen molar-refractivity contribution in [2.24, 2.45) is 12.9 Å². The number of anilines is 1. The number of aromatic nitrogens is 3. The van der Waals surface area contributed by atoms with Crippen molar-refractivity contribution >= 4 is 18.1 Å². The predicted octanol–water partition coefficient (Wildman–Crippen LogP) is 1.27. The fourth-order valence-electron chi connectivity index (χ4n) is 1.35. The Morgan fingerprint density at radius 3 is 2.56 bits per heavy atom. The molecule has 0 bridgehead atoms. The Labute approximate surface area is 93.6 Å². The SMILES string of the molecule is Cn1c(/C=C/c2ccccc2)nnc1NN. The molecule has 1 aromatic carbocycles. The summed E-state index contributed by atoms with van der Waals surface area (Å²) in [6, 6.07) is 10.0. The lowest BCUT2D eigenvalue weighted by atomic mass is 10.2. The van der Waals surface area contributed by atoms with Gasteiger partial charge in [0.2, 0.25) is 5.95 Å². The monoisotopic (exact) mass is 215 g/mol. The highest BCUT2D eigenvalue weighted by atomic mass is 15.4. The highest BCUT2D eigenvalue weighted by Gasteiger charge is 2.02. The van der Waals surface area contributed by atoms with Crippen LogP contribution in [0.5, 0.6) is 0 Å². The Balaban J connectivity index is 2.21. The topological polar surface area (TPSA) is 68.8 Å². The molecule has 0 saturated carbocycles. The maximum absolute atomic E-state index is 5.27. The van der Waals surface area contributed by atoms with Crippen LogP contribution in [0, 0.1) is 0 Å². The molecule has 0 saturated heterocycles. The Bertz CT molecular complexity index is 486. The van der Waals surface area contributed by atoms with Crippen molar-refractivity contribution in [1.82, 2.24) is 14.8 Å². The molecule has 0 amide bonds. The van der Waals surface area contributed by atoms with Crippen LogP contribution in [-0.4, -0.2) is 14.8 Å². The van der Waals surface area contributed by atoms with Gasteiger partial charge in [0.05, 0.1) is 0 Å². The Hall–Kier alpha value is -2.14. The van der Waals surface area contributed by atoms with E-state index in [4.69, 9.17) is 5.84 Å². The first-order valence-electron chi connectivity index (χ1n) is 4.90. The summed E-state index contributed by atoms with van der Waals surface area (Å²) in [5, 5.41) is 7.86. The van der Waals surface area contributed by atoms with Gasteiger partial charge >= 0.3 is 0 Å². The van der Waals surface area contributed by atoms with Crippen LogP contribution in [-0.2, 0) is 7.05 Å². The number of nitrogens with one attached hydrogen (secondary N) is 1. The third-order valence-corrected chi connectivity index (χ3v) is 2.26. The number of rotatable bonds is 3. The highest BCUT2D eigenvalue weighted by molar-refractivity contribution is 5.67. The quantitative estimate of drug-likeness (QED) is 0.597. The zero-order valence-corrected chi connectivity index (χ0v) is 8.96. The first kappa shape index (κ1) is 10.4. The largest absolute Gasteiger partial charge is 0.296 e. The molecule has 16 heavy (non-hydrogen) atoms. The van der Waals surface area contributed by atoms with Crippen molar-refractivity contribution in [2.45, 2.75) is 0 Å². The molecule has 5 heteroatoms. The number of benzene rings is 1. The molecule has 0 fully saturated rings. The summed E-state index contributed by atoms with van der Waals surface area (Å²) < 4.78 is 1.78. The number of nitrogen functional groups attached to an aromatic ring is 1. The Morgan fingerprint density at radius 2 is 1.94 bits per heavy atom. The molecule has 0 atom stereocenters. The van der Waals surface area contributed by atoms with Crippen molar-refractivity contribution in [3.63, 3.8) is 0 Å². The van der Waals surface area contributed by atoms with Crippen LogP contribution in [0.2, 0.25) is 0 Å². The molecular formula is C11H13N5. The second kappa shape index (κ2) is 4.59. The van der Waals surface area contributed by atoms with E-state index in [9.17, 15) is 0 Å². The van der Waals surface area contributed by atoms with E-state index in [0.29, 0.717) is 5.95 Å². The third-order valence-electron chi connectivity index (χ3n) is 2.26. The summed E-state index contributed by atoms with van der Waals surface area (Å²) in [6.45, 7) is 0. The van der Waals surface area contributed by atoms with E-state index in [0.717, 1.165) is 11.4 Å². The summed E-state index contributed by atoms with van der Waals surface area (Å²) in [4.78, 5) is 0. The van der Waals surface area contributed by atoms with Gasteiger partial charge < -0.3 is 0 Å².